The average Bonchev–Trinajstić information content (AvgIpc) is 2.86. The second kappa shape index (κ2) is 5.56. The molecule has 2 fully saturated rings. The van der Waals surface area contributed by atoms with E-state index in [4.69, 9.17) is 11.6 Å². The minimum Gasteiger partial charge on any atom is -0.348 e. The van der Waals surface area contributed by atoms with Gasteiger partial charge >= 0.3 is 0 Å². The lowest BCUT2D eigenvalue weighted by atomic mass is 9.96. The smallest absolute Gasteiger partial charge is 0.251 e. The summed E-state index contributed by atoms with van der Waals surface area (Å²) in [6.07, 6.45) is 2.39. The molecule has 0 spiro atoms. The Bertz CT molecular complexity index is 718. The highest BCUT2D eigenvalue weighted by Crippen LogP contribution is 2.27. The fourth-order valence-electron chi connectivity index (χ4n) is 3.82. The Hall–Kier alpha value is -1.58. The maximum absolute atomic E-state index is 12.5. The van der Waals surface area contributed by atoms with Crippen molar-refractivity contribution in [3.63, 3.8) is 0 Å². The fraction of sp³-hybridized carbons (Fsp3) is 0.389. The van der Waals surface area contributed by atoms with Gasteiger partial charge in [-0.2, -0.15) is 0 Å². The van der Waals surface area contributed by atoms with Gasteiger partial charge in [0.25, 0.3) is 5.91 Å². The summed E-state index contributed by atoms with van der Waals surface area (Å²) in [6, 6.07) is 11.8. The number of carbonyl (C=O) groups excluding carboxylic acids is 1. The Kier molecular flexibility index (Phi) is 3.55. The third-order valence-electron chi connectivity index (χ3n) is 4.89. The van der Waals surface area contributed by atoms with Gasteiger partial charge in [-0.15, -0.1) is 0 Å². The summed E-state index contributed by atoms with van der Waals surface area (Å²) in [5.41, 5.74) is 0.711. The number of carbonyl (C=O) groups is 1. The molecule has 2 heterocycles. The fourth-order valence-corrected chi connectivity index (χ4v) is 4.06. The molecule has 2 aliphatic rings. The number of halogens is 1. The molecule has 1 unspecified atom stereocenters. The summed E-state index contributed by atoms with van der Waals surface area (Å²) in [6.45, 7) is 3.38. The van der Waals surface area contributed by atoms with Crippen molar-refractivity contribution < 1.29 is 4.79 Å². The number of nitrogens with zero attached hydrogens (tertiary/aromatic N) is 1. The van der Waals surface area contributed by atoms with Crippen molar-refractivity contribution in [2.75, 3.05) is 19.6 Å². The van der Waals surface area contributed by atoms with E-state index in [1.807, 2.05) is 36.4 Å². The highest BCUT2D eigenvalue weighted by atomic mass is 35.5. The van der Waals surface area contributed by atoms with E-state index in [0.29, 0.717) is 5.56 Å². The van der Waals surface area contributed by atoms with Gasteiger partial charge in [0, 0.05) is 35.1 Å². The molecule has 4 rings (SSSR count). The second-order valence-corrected chi connectivity index (χ2v) is 6.90. The molecule has 0 saturated carbocycles. The van der Waals surface area contributed by atoms with Crippen LogP contribution >= 0.6 is 11.6 Å². The number of hydrogen-bond acceptors (Lipinski definition) is 2. The Labute approximate surface area is 135 Å². The van der Waals surface area contributed by atoms with E-state index < -0.39 is 0 Å². The second-order valence-electron chi connectivity index (χ2n) is 6.50. The van der Waals surface area contributed by atoms with Crippen LogP contribution in [0.2, 0.25) is 5.02 Å². The lowest BCUT2D eigenvalue weighted by Gasteiger charge is -2.30. The molecule has 1 N–H and O–H groups in total. The summed E-state index contributed by atoms with van der Waals surface area (Å²) < 4.78 is 0. The van der Waals surface area contributed by atoms with Crippen LogP contribution in [0.4, 0.5) is 0 Å². The van der Waals surface area contributed by atoms with Crippen molar-refractivity contribution in [2.45, 2.75) is 18.9 Å². The Morgan fingerprint density at radius 2 is 2.14 bits per heavy atom. The van der Waals surface area contributed by atoms with Gasteiger partial charge in [-0.3, -0.25) is 4.79 Å². The number of amides is 1. The van der Waals surface area contributed by atoms with E-state index >= 15 is 0 Å². The summed E-state index contributed by atoms with van der Waals surface area (Å²) in [5.74, 6) is 0.781. The average molecular weight is 315 g/mol. The lowest BCUT2D eigenvalue weighted by molar-refractivity contribution is 0.0909. The zero-order chi connectivity index (χ0) is 15.1. The van der Waals surface area contributed by atoms with E-state index in [1.165, 1.54) is 19.5 Å². The molecule has 0 radical (unpaired) electrons. The van der Waals surface area contributed by atoms with E-state index in [0.717, 1.165) is 34.7 Å². The van der Waals surface area contributed by atoms with Crippen LogP contribution in [0.3, 0.4) is 0 Å². The van der Waals surface area contributed by atoms with Gasteiger partial charge in [0.1, 0.15) is 0 Å². The molecule has 4 heteroatoms. The Morgan fingerprint density at radius 3 is 3.00 bits per heavy atom. The third-order valence-corrected chi connectivity index (χ3v) is 5.22. The standard InChI is InChI=1S/C18H19ClN2O/c19-17-3-1-2-13-9-14(4-5-16(13)17)18(22)20-15-8-12-6-7-21(10-12)11-15/h1-5,9,12,15H,6-8,10-11H2,(H,20,22)/t12-,15-/m1/s1. The molecule has 1 amide bonds. The molecule has 3 atom stereocenters. The van der Waals surface area contributed by atoms with E-state index in [-0.39, 0.29) is 11.9 Å². The number of fused-ring (bicyclic) bond motifs is 3. The van der Waals surface area contributed by atoms with Gasteiger partial charge in [0.05, 0.1) is 0 Å². The number of rotatable bonds is 2. The van der Waals surface area contributed by atoms with E-state index in [1.54, 1.807) is 0 Å². The van der Waals surface area contributed by atoms with Gasteiger partial charge in [0.15, 0.2) is 0 Å². The third kappa shape index (κ3) is 2.59. The summed E-state index contributed by atoms with van der Waals surface area (Å²) in [4.78, 5) is 15.0. The molecule has 22 heavy (non-hydrogen) atoms. The molecule has 114 valence electrons. The number of hydrogen-bond donors (Lipinski definition) is 1. The molecule has 3 nitrogen and oxygen atoms in total. The van der Waals surface area contributed by atoms with Crippen LogP contribution in [-0.2, 0) is 0 Å². The van der Waals surface area contributed by atoms with Crippen molar-refractivity contribution in [1.82, 2.24) is 10.2 Å². The predicted molar refractivity (Wildman–Crippen MR) is 89.4 cm³/mol. The molecule has 2 aromatic carbocycles. The summed E-state index contributed by atoms with van der Waals surface area (Å²) >= 11 is 6.18. The minimum absolute atomic E-state index is 0.0226. The van der Waals surface area contributed by atoms with Gasteiger partial charge in [-0.25, -0.2) is 0 Å². The SMILES string of the molecule is O=C(N[C@@H]1C[C@H]2CCN(C2)C1)c1ccc2c(Cl)cccc2c1. The Morgan fingerprint density at radius 1 is 1.23 bits per heavy atom. The Balaban J connectivity index is 1.53. The molecule has 0 aromatic heterocycles. The first kappa shape index (κ1) is 14.0. The van der Waals surface area contributed by atoms with Gasteiger partial charge in [0.2, 0.25) is 0 Å². The van der Waals surface area contributed by atoms with Crippen molar-refractivity contribution >= 4 is 28.3 Å². The normalized spacial score (nSPS) is 27.0. The summed E-state index contributed by atoms with van der Waals surface area (Å²) in [7, 11) is 0. The zero-order valence-corrected chi connectivity index (χ0v) is 13.1. The quantitative estimate of drug-likeness (QED) is 0.922. The molecular formula is C18H19ClN2O. The van der Waals surface area contributed by atoms with Crippen LogP contribution in [0.5, 0.6) is 0 Å². The first-order valence-corrected chi connectivity index (χ1v) is 8.28. The van der Waals surface area contributed by atoms with Crippen LogP contribution < -0.4 is 5.32 Å². The van der Waals surface area contributed by atoms with Gasteiger partial charge in [-0.1, -0.05) is 29.8 Å². The van der Waals surface area contributed by atoms with E-state index in [9.17, 15) is 4.79 Å². The van der Waals surface area contributed by atoms with Crippen LogP contribution in [0.15, 0.2) is 36.4 Å². The van der Waals surface area contributed by atoms with Crippen LogP contribution in [-0.4, -0.2) is 36.5 Å². The lowest BCUT2D eigenvalue weighted by Crippen LogP contribution is -2.47. The minimum atomic E-state index is 0.0226. The number of piperidine rings is 1. The van der Waals surface area contributed by atoms with Crippen LogP contribution in [0, 0.1) is 5.92 Å². The topological polar surface area (TPSA) is 32.3 Å². The van der Waals surface area contributed by atoms with Crippen molar-refractivity contribution in [3.05, 3.63) is 47.0 Å². The monoisotopic (exact) mass is 314 g/mol. The van der Waals surface area contributed by atoms with Crippen molar-refractivity contribution in [3.8, 4) is 0 Å². The van der Waals surface area contributed by atoms with Gasteiger partial charge < -0.3 is 10.2 Å². The molecule has 2 aromatic rings. The highest BCUT2D eigenvalue weighted by Gasteiger charge is 2.32. The molecular weight excluding hydrogens is 296 g/mol. The largest absolute Gasteiger partial charge is 0.348 e. The first-order valence-electron chi connectivity index (χ1n) is 7.90. The number of nitrogens with one attached hydrogen (secondary N) is 1. The predicted octanol–water partition coefficient (Wildman–Crippen LogP) is 3.32. The van der Waals surface area contributed by atoms with Crippen molar-refractivity contribution in [2.24, 2.45) is 5.92 Å². The first-order chi connectivity index (χ1) is 10.7. The van der Waals surface area contributed by atoms with Crippen molar-refractivity contribution in [1.29, 1.82) is 0 Å². The number of benzene rings is 2. The maximum Gasteiger partial charge on any atom is 0.251 e. The molecule has 2 saturated heterocycles. The summed E-state index contributed by atoms with van der Waals surface area (Å²) in [5, 5.41) is 5.92. The molecule has 0 aliphatic carbocycles. The van der Waals surface area contributed by atoms with Gasteiger partial charge in [-0.05, 0) is 48.9 Å². The molecule has 2 aliphatic heterocycles. The van der Waals surface area contributed by atoms with E-state index in [2.05, 4.69) is 10.2 Å². The van der Waals surface area contributed by atoms with Crippen LogP contribution in [0.25, 0.3) is 10.8 Å². The zero-order valence-electron chi connectivity index (χ0n) is 12.4. The van der Waals surface area contributed by atoms with Crippen LogP contribution in [0.1, 0.15) is 23.2 Å². The highest BCUT2D eigenvalue weighted by molar-refractivity contribution is 6.35. The molecule has 2 bridgehead atoms. The maximum atomic E-state index is 12.5.